The van der Waals surface area contributed by atoms with Crippen molar-refractivity contribution < 1.29 is 14.4 Å². The normalized spacial score (nSPS) is 18.6. The maximum atomic E-state index is 13.6. The van der Waals surface area contributed by atoms with Gasteiger partial charge in [-0.1, -0.05) is 11.6 Å². The third-order valence-electron chi connectivity index (χ3n) is 3.80. The van der Waals surface area contributed by atoms with Crippen molar-refractivity contribution in [3.8, 4) is 5.75 Å². The number of nitro benzene ring substituents is 1. The van der Waals surface area contributed by atoms with Crippen LogP contribution in [0.2, 0.25) is 5.02 Å². The molecule has 0 saturated carbocycles. The molecule has 1 saturated heterocycles. The molecule has 0 aliphatic carbocycles. The van der Waals surface area contributed by atoms with Gasteiger partial charge in [-0.2, -0.15) is 0 Å². The predicted octanol–water partition coefficient (Wildman–Crippen LogP) is 3.44. The molecule has 1 aliphatic heterocycles. The van der Waals surface area contributed by atoms with Crippen molar-refractivity contribution in [3.63, 3.8) is 0 Å². The van der Waals surface area contributed by atoms with E-state index in [1.807, 2.05) is 4.90 Å². The number of phenolic OH excluding ortho intramolecular Hbond substituents is 1. The van der Waals surface area contributed by atoms with Crippen molar-refractivity contribution in [2.24, 2.45) is 0 Å². The molecule has 1 aromatic heterocycles. The Kier molecular flexibility index (Phi) is 3.74. The summed E-state index contributed by atoms with van der Waals surface area (Å²) in [7, 11) is 0. The van der Waals surface area contributed by atoms with Crippen LogP contribution in [-0.2, 0) is 0 Å². The number of fused-ring (bicyclic) bond motifs is 1. The number of nitro groups is 1. The molecule has 0 spiro atoms. The van der Waals surface area contributed by atoms with Crippen molar-refractivity contribution in [3.05, 3.63) is 33.5 Å². The standard InChI is InChI=1S/C14H13ClFN3O3/c15-9-6-11(19(21)22)14(20)13-12(9)10(3-4-17-13)18-5-1-2-8(16)7-18/h3-4,6,8,20H,1-2,5,7H2. The van der Waals surface area contributed by atoms with Crippen LogP contribution in [-0.4, -0.2) is 34.3 Å². The Morgan fingerprint density at radius 2 is 2.32 bits per heavy atom. The Bertz CT molecular complexity index is 756. The second-order valence-electron chi connectivity index (χ2n) is 5.22. The number of hydrogen-bond acceptors (Lipinski definition) is 5. The first-order chi connectivity index (χ1) is 10.5. The molecule has 6 nitrogen and oxygen atoms in total. The molecule has 1 unspecified atom stereocenters. The topological polar surface area (TPSA) is 79.5 Å². The van der Waals surface area contributed by atoms with E-state index in [1.54, 1.807) is 6.07 Å². The number of alkyl halides is 1. The van der Waals surface area contributed by atoms with E-state index in [1.165, 1.54) is 6.20 Å². The lowest BCUT2D eigenvalue weighted by atomic mass is 10.1. The molecular formula is C14H13ClFN3O3. The number of pyridine rings is 1. The number of aromatic nitrogens is 1. The van der Waals surface area contributed by atoms with Crippen molar-refractivity contribution >= 4 is 33.9 Å². The van der Waals surface area contributed by atoms with Crippen LogP contribution in [0.15, 0.2) is 18.3 Å². The van der Waals surface area contributed by atoms with Gasteiger partial charge in [0.2, 0.25) is 5.75 Å². The molecule has 2 heterocycles. The van der Waals surface area contributed by atoms with Gasteiger partial charge < -0.3 is 10.0 Å². The number of anilines is 1. The average Bonchev–Trinajstić information content (AvgIpc) is 2.50. The fourth-order valence-corrected chi connectivity index (χ4v) is 3.08. The number of hydrogen-bond donors (Lipinski definition) is 1. The zero-order valence-corrected chi connectivity index (χ0v) is 12.3. The van der Waals surface area contributed by atoms with E-state index < -0.39 is 22.5 Å². The van der Waals surface area contributed by atoms with Crippen LogP contribution in [0, 0.1) is 10.1 Å². The number of halogens is 2. The Morgan fingerprint density at radius 1 is 1.55 bits per heavy atom. The van der Waals surface area contributed by atoms with Crippen LogP contribution >= 0.6 is 11.6 Å². The summed E-state index contributed by atoms with van der Waals surface area (Å²) in [6.45, 7) is 0.890. The first kappa shape index (κ1) is 14.8. The van der Waals surface area contributed by atoms with Gasteiger partial charge in [0, 0.05) is 36.4 Å². The number of phenols is 1. The monoisotopic (exact) mass is 325 g/mol. The number of aromatic hydroxyl groups is 1. The Hall–Kier alpha value is -2.15. The van der Waals surface area contributed by atoms with Gasteiger partial charge in [0.1, 0.15) is 11.7 Å². The number of nitrogens with zero attached hydrogens (tertiary/aromatic N) is 3. The highest BCUT2D eigenvalue weighted by Crippen LogP contribution is 2.42. The molecule has 1 fully saturated rings. The minimum atomic E-state index is -0.928. The SMILES string of the molecule is O=[N+]([O-])c1cc(Cl)c2c(N3CCCC(F)C3)ccnc2c1O. The molecule has 0 radical (unpaired) electrons. The quantitative estimate of drug-likeness (QED) is 0.676. The first-order valence-electron chi connectivity index (χ1n) is 6.82. The van der Waals surface area contributed by atoms with Gasteiger partial charge in [0.25, 0.3) is 0 Å². The van der Waals surface area contributed by atoms with Crippen LogP contribution in [0.25, 0.3) is 10.9 Å². The summed E-state index contributed by atoms with van der Waals surface area (Å²) in [5, 5.41) is 21.5. The van der Waals surface area contributed by atoms with Gasteiger partial charge in [-0.3, -0.25) is 15.1 Å². The van der Waals surface area contributed by atoms with Crippen LogP contribution in [0.5, 0.6) is 5.75 Å². The van der Waals surface area contributed by atoms with Gasteiger partial charge in [-0.05, 0) is 18.9 Å². The van der Waals surface area contributed by atoms with Crippen molar-refractivity contribution in [2.45, 2.75) is 19.0 Å². The largest absolute Gasteiger partial charge is 0.501 e. The molecule has 1 atom stereocenters. The highest BCUT2D eigenvalue weighted by Gasteiger charge is 2.26. The van der Waals surface area contributed by atoms with Gasteiger partial charge in [-0.15, -0.1) is 0 Å². The molecule has 3 rings (SSSR count). The maximum Gasteiger partial charge on any atom is 0.314 e. The summed E-state index contributed by atoms with van der Waals surface area (Å²) in [6, 6.07) is 2.78. The number of piperidine rings is 1. The third kappa shape index (κ3) is 2.41. The van der Waals surface area contributed by atoms with Gasteiger partial charge >= 0.3 is 5.69 Å². The Labute approximate surface area is 130 Å². The van der Waals surface area contributed by atoms with Gasteiger partial charge in [0.15, 0.2) is 0 Å². The number of benzene rings is 1. The Morgan fingerprint density at radius 3 is 3.00 bits per heavy atom. The molecule has 1 N–H and O–H groups in total. The summed E-state index contributed by atoms with van der Waals surface area (Å²) in [6.07, 6.45) is 1.73. The second kappa shape index (κ2) is 5.57. The number of rotatable bonds is 2. The molecule has 1 aromatic carbocycles. The Balaban J connectivity index is 2.20. The van der Waals surface area contributed by atoms with E-state index in [0.717, 1.165) is 6.07 Å². The third-order valence-corrected chi connectivity index (χ3v) is 4.10. The van der Waals surface area contributed by atoms with E-state index in [2.05, 4.69) is 4.98 Å². The van der Waals surface area contributed by atoms with Crippen LogP contribution in [0.1, 0.15) is 12.8 Å². The zero-order valence-electron chi connectivity index (χ0n) is 11.5. The van der Waals surface area contributed by atoms with Crippen LogP contribution in [0.3, 0.4) is 0 Å². The molecular weight excluding hydrogens is 313 g/mol. The summed E-state index contributed by atoms with van der Waals surface area (Å²) in [4.78, 5) is 16.1. The lowest BCUT2D eigenvalue weighted by molar-refractivity contribution is -0.385. The summed E-state index contributed by atoms with van der Waals surface area (Å²) in [5.41, 5.74) is 0.185. The van der Waals surface area contributed by atoms with Crippen LogP contribution in [0.4, 0.5) is 15.8 Å². The highest BCUT2D eigenvalue weighted by atomic mass is 35.5. The average molecular weight is 326 g/mol. The fraction of sp³-hybridized carbons (Fsp3) is 0.357. The minimum absolute atomic E-state index is 0.0534. The summed E-state index contributed by atoms with van der Waals surface area (Å²) >= 11 is 6.16. The molecule has 8 heteroatoms. The zero-order chi connectivity index (χ0) is 15.9. The second-order valence-corrected chi connectivity index (χ2v) is 5.63. The van der Waals surface area contributed by atoms with E-state index in [-0.39, 0.29) is 17.1 Å². The van der Waals surface area contributed by atoms with Crippen LogP contribution < -0.4 is 4.90 Å². The van der Waals surface area contributed by atoms with E-state index in [4.69, 9.17) is 11.6 Å². The first-order valence-corrected chi connectivity index (χ1v) is 7.20. The molecule has 116 valence electrons. The summed E-state index contributed by atoms with van der Waals surface area (Å²) < 4.78 is 13.6. The molecule has 2 aromatic rings. The van der Waals surface area contributed by atoms with Crippen molar-refractivity contribution in [1.82, 2.24) is 4.98 Å². The minimum Gasteiger partial charge on any atom is -0.501 e. The maximum absolute atomic E-state index is 13.6. The lowest BCUT2D eigenvalue weighted by Gasteiger charge is -2.31. The molecule has 1 aliphatic rings. The van der Waals surface area contributed by atoms with E-state index in [9.17, 15) is 19.6 Å². The molecule has 22 heavy (non-hydrogen) atoms. The van der Waals surface area contributed by atoms with E-state index >= 15 is 0 Å². The smallest absolute Gasteiger partial charge is 0.314 e. The fourth-order valence-electron chi connectivity index (χ4n) is 2.80. The van der Waals surface area contributed by atoms with Crippen molar-refractivity contribution in [2.75, 3.05) is 18.0 Å². The van der Waals surface area contributed by atoms with Crippen molar-refractivity contribution in [1.29, 1.82) is 0 Å². The van der Waals surface area contributed by atoms with E-state index in [0.29, 0.717) is 30.5 Å². The van der Waals surface area contributed by atoms with Gasteiger partial charge in [0.05, 0.1) is 9.95 Å². The summed E-state index contributed by atoms with van der Waals surface area (Å²) in [5.74, 6) is -0.528. The molecule has 0 amide bonds. The lowest BCUT2D eigenvalue weighted by Crippen LogP contribution is -2.36. The molecule has 0 bridgehead atoms. The predicted molar refractivity (Wildman–Crippen MR) is 81.4 cm³/mol. The van der Waals surface area contributed by atoms with Gasteiger partial charge in [-0.25, -0.2) is 4.39 Å². The highest BCUT2D eigenvalue weighted by molar-refractivity contribution is 6.37.